The smallest absolute Gasteiger partial charge is 0.292 e. The molecule has 0 bridgehead atoms. The Morgan fingerprint density at radius 3 is 3.00 bits per heavy atom. The maximum atomic E-state index is 12.1. The Morgan fingerprint density at radius 2 is 2.29 bits per heavy atom. The fraction of sp³-hybridized carbons (Fsp3) is 0.357. The predicted octanol–water partition coefficient (Wildman–Crippen LogP) is 1.62. The molecule has 2 rings (SSSR count). The van der Waals surface area contributed by atoms with Crippen molar-refractivity contribution in [1.29, 1.82) is 0 Å². The van der Waals surface area contributed by atoms with Gasteiger partial charge in [-0.3, -0.25) is 4.79 Å². The van der Waals surface area contributed by atoms with E-state index in [1.54, 1.807) is 12.5 Å². The number of hydrogen-bond donors (Lipinski definition) is 1. The molecule has 7 heteroatoms. The highest BCUT2D eigenvalue weighted by Crippen LogP contribution is 2.15. The lowest BCUT2D eigenvalue weighted by molar-refractivity contribution is 0.619. The topological polar surface area (TPSA) is 64.7 Å². The van der Waals surface area contributed by atoms with Gasteiger partial charge in [0, 0.05) is 25.5 Å². The summed E-state index contributed by atoms with van der Waals surface area (Å²) < 4.78 is 3.22. The van der Waals surface area contributed by atoms with Crippen molar-refractivity contribution >= 4 is 17.3 Å². The largest absolute Gasteiger partial charge is 0.379 e. The van der Waals surface area contributed by atoms with Crippen molar-refractivity contribution in [3.8, 4) is 12.3 Å². The Labute approximate surface area is 127 Å². The second-order valence-corrected chi connectivity index (χ2v) is 4.88. The van der Waals surface area contributed by atoms with E-state index in [0.717, 1.165) is 19.4 Å². The molecule has 0 atom stereocenters. The molecule has 0 aliphatic rings. The number of halogens is 1. The van der Waals surface area contributed by atoms with E-state index >= 15 is 0 Å². The lowest BCUT2D eigenvalue weighted by atomic mass is 10.3. The number of aryl methyl sites for hydroxylation is 1. The molecule has 0 amide bonds. The van der Waals surface area contributed by atoms with Crippen LogP contribution in [0.15, 0.2) is 29.7 Å². The van der Waals surface area contributed by atoms with Crippen LogP contribution in [-0.2, 0) is 13.1 Å². The van der Waals surface area contributed by atoms with Crippen LogP contribution >= 0.6 is 11.6 Å². The molecule has 0 radical (unpaired) electrons. The maximum Gasteiger partial charge on any atom is 0.292 e. The van der Waals surface area contributed by atoms with Crippen LogP contribution in [0.25, 0.3) is 0 Å². The molecule has 21 heavy (non-hydrogen) atoms. The molecular weight excluding hydrogens is 290 g/mol. The fourth-order valence-electron chi connectivity index (χ4n) is 1.88. The molecule has 2 aromatic rings. The van der Waals surface area contributed by atoms with Crippen LogP contribution in [0.3, 0.4) is 0 Å². The Bertz CT molecular complexity index is 672. The third kappa shape index (κ3) is 4.10. The van der Waals surface area contributed by atoms with Gasteiger partial charge in [0.15, 0.2) is 0 Å². The zero-order valence-electron chi connectivity index (χ0n) is 11.5. The number of terminal acetylenes is 1. The van der Waals surface area contributed by atoms with Crippen LogP contribution in [-0.4, -0.2) is 25.9 Å². The summed E-state index contributed by atoms with van der Waals surface area (Å²) in [6, 6.07) is 0. The Morgan fingerprint density at radius 1 is 1.43 bits per heavy atom. The van der Waals surface area contributed by atoms with Crippen molar-refractivity contribution < 1.29 is 0 Å². The van der Waals surface area contributed by atoms with Gasteiger partial charge >= 0.3 is 0 Å². The number of rotatable bonds is 7. The van der Waals surface area contributed by atoms with Crippen molar-refractivity contribution in [2.24, 2.45) is 0 Å². The van der Waals surface area contributed by atoms with Crippen molar-refractivity contribution in [3.63, 3.8) is 0 Å². The quantitative estimate of drug-likeness (QED) is 0.623. The predicted molar refractivity (Wildman–Crippen MR) is 82.3 cm³/mol. The summed E-state index contributed by atoms with van der Waals surface area (Å²) in [5, 5.41) is 7.26. The van der Waals surface area contributed by atoms with Crippen LogP contribution < -0.4 is 10.9 Å². The molecule has 0 fully saturated rings. The highest BCUT2D eigenvalue weighted by Gasteiger charge is 2.08. The van der Waals surface area contributed by atoms with Gasteiger partial charge in [-0.1, -0.05) is 17.5 Å². The van der Waals surface area contributed by atoms with Gasteiger partial charge in [-0.25, -0.2) is 9.67 Å². The molecule has 0 spiro atoms. The first-order valence-corrected chi connectivity index (χ1v) is 6.99. The maximum absolute atomic E-state index is 12.1. The van der Waals surface area contributed by atoms with Gasteiger partial charge in [0.1, 0.15) is 12.2 Å². The van der Waals surface area contributed by atoms with E-state index in [1.165, 1.54) is 10.9 Å². The first-order chi connectivity index (χ1) is 10.2. The summed E-state index contributed by atoms with van der Waals surface area (Å²) >= 11 is 5.99. The average Bonchev–Trinajstić information content (AvgIpc) is 2.98. The standard InChI is InChI=1S/C14H16ClN5O/c1-2-7-20-14(21)13(12(15)10-18-20)17-5-3-4-8-19-9-6-16-11-19/h1,6,9-11,17H,3-5,7-8H2. The van der Waals surface area contributed by atoms with Gasteiger partial charge in [-0.15, -0.1) is 6.42 Å². The van der Waals surface area contributed by atoms with E-state index in [2.05, 4.69) is 21.3 Å². The Balaban J connectivity index is 1.86. The minimum Gasteiger partial charge on any atom is -0.379 e. The molecule has 0 aliphatic heterocycles. The van der Waals surface area contributed by atoms with Gasteiger partial charge in [-0.2, -0.15) is 5.10 Å². The Hall–Kier alpha value is -2.26. The average molecular weight is 306 g/mol. The van der Waals surface area contributed by atoms with Gasteiger partial charge in [-0.05, 0) is 12.8 Å². The molecule has 2 aromatic heterocycles. The minimum absolute atomic E-state index is 0.130. The van der Waals surface area contributed by atoms with Crippen LogP contribution in [0.5, 0.6) is 0 Å². The first kappa shape index (κ1) is 15.1. The van der Waals surface area contributed by atoms with E-state index in [0.29, 0.717) is 17.3 Å². The summed E-state index contributed by atoms with van der Waals surface area (Å²) in [6.45, 7) is 1.68. The zero-order chi connectivity index (χ0) is 15.1. The molecule has 2 heterocycles. The van der Waals surface area contributed by atoms with Crippen LogP contribution in [0.2, 0.25) is 5.02 Å². The third-order valence-corrected chi connectivity index (χ3v) is 3.23. The number of hydrogen-bond acceptors (Lipinski definition) is 4. The lowest BCUT2D eigenvalue weighted by Crippen LogP contribution is -2.26. The number of nitrogens with zero attached hydrogens (tertiary/aromatic N) is 4. The lowest BCUT2D eigenvalue weighted by Gasteiger charge is -2.09. The van der Waals surface area contributed by atoms with E-state index in [9.17, 15) is 4.79 Å². The second-order valence-electron chi connectivity index (χ2n) is 4.47. The summed E-state index contributed by atoms with van der Waals surface area (Å²) in [4.78, 5) is 16.1. The van der Waals surface area contributed by atoms with Crippen molar-refractivity contribution in [1.82, 2.24) is 19.3 Å². The number of aromatic nitrogens is 4. The number of unbranched alkanes of at least 4 members (excludes halogenated alkanes) is 1. The molecule has 0 aromatic carbocycles. The summed E-state index contributed by atoms with van der Waals surface area (Å²) in [6.07, 6.45) is 14.0. The second kappa shape index (κ2) is 7.50. The number of nitrogens with one attached hydrogen (secondary N) is 1. The van der Waals surface area contributed by atoms with Gasteiger partial charge < -0.3 is 9.88 Å². The van der Waals surface area contributed by atoms with Gasteiger partial charge in [0.05, 0.1) is 17.5 Å². The zero-order valence-corrected chi connectivity index (χ0v) is 12.3. The van der Waals surface area contributed by atoms with Crippen LogP contribution in [0.1, 0.15) is 12.8 Å². The molecule has 0 unspecified atom stereocenters. The van der Waals surface area contributed by atoms with Crippen LogP contribution in [0.4, 0.5) is 5.69 Å². The number of anilines is 1. The fourth-order valence-corrected chi connectivity index (χ4v) is 2.07. The van der Waals surface area contributed by atoms with Gasteiger partial charge in [0.2, 0.25) is 0 Å². The normalized spacial score (nSPS) is 10.3. The Kier molecular flexibility index (Phi) is 5.41. The van der Waals surface area contributed by atoms with Crippen molar-refractivity contribution in [3.05, 3.63) is 40.3 Å². The van der Waals surface area contributed by atoms with Crippen molar-refractivity contribution in [2.75, 3.05) is 11.9 Å². The molecule has 0 saturated heterocycles. The molecule has 0 aliphatic carbocycles. The van der Waals surface area contributed by atoms with Gasteiger partial charge in [0.25, 0.3) is 5.56 Å². The van der Waals surface area contributed by atoms with Crippen molar-refractivity contribution in [2.45, 2.75) is 25.9 Å². The number of imidazole rings is 1. The highest BCUT2D eigenvalue weighted by atomic mass is 35.5. The summed E-state index contributed by atoms with van der Waals surface area (Å²) in [5.74, 6) is 2.38. The SMILES string of the molecule is C#CCn1ncc(Cl)c(NCCCCn2ccnc2)c1=O. The summed E-state index contributed by atoms with van der Waals surface area (Å²) in [7, 11) is 0. The third-order valence-electron chi connectivity index (χ3n) is 2.94. The monoisotopic (exact) mass is 305 g/mol. The van der Waals surface area contributed by atoms with E-state index < -0.39 is 0 Å². The van der Waals surface area contributed by atoms with Crippen LogP contribution in [0, 0.1) is 12.3 Å². The van der Waals surface area contributed by atoms with E-state index in [1.807, 2.05) is 10.8 Å². The molecule has 0 saturated carbocycles. The molecule has 6 nitrogen and oxygen atoms in total. The first-order valence-electron chi connectivity index (χ1n) is 6.61. The van der Waals surface area contributed by atoms with E-state index in [4.69, 9.17) is 18.0 Å². The minimum atomic E-state index is -0.296. The van der Waals surface area contributed by atoms with E-state index in [-0.39, 0.29) is 12.1 Å². The molecule has 1 N–H and O–H groups in total. The highest BCUT2D eigenvalue weighted by molar-refractivity contribution is 6.32. The molecule has 110 valence electrons. The molecular formula is C14H16ClN5O. The summed E-state index contributed by atoms with van der Waals surface area (Å²) in [5.41, 5.74) is 0.0552.